The van der Waals surface area contributed by atoms with E-state index in [1.807, 2.05) is 12.1 Å². The van der Waals surface area contributed by atoms with Gasteiger partial charge in [0.15, 0.2) is 12.4 Å². The van der Waals surface area contributed by atoms with E-state index >= 15 is 0 Å². The fraction of sp³-hybridized carbons (Fsp3) is 0.318. The molecule has 0 saturated heterocycles. The molecule has 0 spiro atoms. The first-order valence-electron chi connectivity index (χ1n) is 9.60. The van der Waals surface area contributed by atoms with E-state index in [1.54, 1.807) is 6.07 Å². The Labute approximate surface area is 181 Å². The molecule has 0 atom stereocenters. The van der Waals surface area contributed by atoms with Crippen molar-refractivity contribution in [2.75, 3.05) is 11.9 Å². The molecule has 0 saturated carbocycles. The van der Waals surface area contributed by atoms with Gasteiger partial charge in [-0.2, -0.15) is 13.2 Å². The van der Waals surface area contributed by atoms with Crippen LogP contribution < -0.4 is 5.32 Å². The van der Waals surface area contributed by atoms with Gasteiger partial charge >= 0.3 is 12.1 Å². The van der Waals surface area contributed by atoms with Crippen LogP contribution in [0.5, 0.6) is 0 Å². The van der Waals surface area contributed by atoms with Crippen molar-refractivity contribution in [3.05, 3.63) is 63.7 Å². The fourth-order valence-electron chi connectivity index (χ4n) is 3.31. The molecule has 2 aromatic rings. The molecule has 1 amide bonds. The number of carbonyl (C=O) groups excluding carboxylic acids is 3. The third-order valence-electron chi connectivity index (χ3n) is 4.91. The molecule has 2 aromatic carbocycles. The van der Waals surface area contributed by atoms with Gasteiger partial charge in [-0.05, 0) is 54.7 Å². The number of anilines is 1. The van der Waals surface area contributed by atoms with Gasteiger partial charge in [-0.1, -0.05) is 23.7 Å². The first kappa shape index (κ1) is 22.8. The average Bonchev–Trinajstić information content (AvgIpc) is 3.19. The first-order valence-corrected chi connectivity index (χ1v) is 9.98. The molecule has 0 aliphatic heterocycles. The zero-order valence-corrected chi connectivity index (χ0v) is 17.1. The summed E-state index contributed by atoms with van der Waals surface area (Å²) in [7, 11) is 0. The number of hydrogen-bond acceptors (Lipinski definition) is 4. The Morgan fingerprint density at radius 3 is 2.48 bits per heavy atom. The van der Waals surface area contributed by atoms with Crippen molar-refractivity contribution >= 4 is 34.9 Å². The second-order valence-corrected chi connectivity index (χ2v) is 7.57. The summed E-state index contributed by atoms with van der Waals surface area (Å²) in [5.74, 6) is -1.81. The van der Waals surface area contributed by atoms with Crippen LogP contribution in [0, 0.1) is 0 Å². The summed E-state index contributed by atoms with van der Waals surface area (Å²) >= 11 is 5.80. The zero-order chi connectivity index (χ0) is 22.6. The molecule has 1 aliphatic rings. The molecule has 0 fully saturated rings. The van der Waals surface area contributed by atoms with Gasteiger partial charge in [-0.15, -0.1) is 0 Å². The molecule has 0 unspecified atom stereocenters. The quantitative estimate of drug-likeness (QED) is 0.473. The van der Waals surface area contributed by atoms with E-state index < -0.39 is 30.2 Å². The monoisotopic (exact) mass is 453 g/mol. The lowest BCUT2D eigenvalue weighted by Gasteiger charge is -2.12. The summed E-state index contributed by atoms with van der Waals surface area (Å²) in [4.78, 5) is 36.0. The lowest BCUT2D eigenvalue weighted by molar-refractivity contribution is -0.147. The van der Waals surface area contributed by atoms with Crippen LogP contribution in [0.1, 0.15) is 46.3 Å². The van der Waals surface area contributed by atoms with Crippen LogP contribution in [-0.2, 0) is 33.3 Å². The van der Waals surface area contributed by atoms with Gasteiger partial charge in [0.2, 0.25) is 0 Å². The van der Waals surface area contributed by atoms with Gasteiger partial charge in [0.1, 0.15) is 0 Å². The van der Waals surface area contributed by atoms with Crippen LogP contribution >= 0.6 is 11.6 Å². The largest absolute Gasteiger partial charge is 0.456 e. The minimum Gasteiger partial charge on any atom is -0.456 e. The molecule has 1 aliphatic carbocycles. The van der Waals surface area contributed by atoms with Crippen LogP contribution in [0.3, 0.4) is 0 Å². The highest BCUT2D eigenvalue weighted by Gasteiger charge is 2.31. The number of halogens is 4. The van der Waals surface area contributed by atoms with E-state index in [9.17, 15) is 27.6 Å². The minimum absolute atomic E-state index is 0.0707. The van der Waals surface area contributed by atoms with Crippen molar-refractivity contribution in [1.82, 2.24) is 0 Å². The predicted molar refractivity (Wildman–Crippen MR) is 108 cm³/mol. The lowest BCUT2D eigenvalue weighted by Crippen LogP contribution is -2.21. The number of carbonyl (C=O) groups is 3. The molecule has 5 nitrogen and oxygen atoms in total. The third-order valence-corrected chi connectivity index (χ3v) is 5.24. The van der Waals surface area contributed by atoms with Gasteiger partial charge in [0, 0.05) is 12.0 Å². The maximum atomic E-state index is 12.8. The molecule has 3 rings (SSSR count). The molecule has 164 valence electrons. The number of Topliss-reactive ketones (excluding diaryl/α,β-unsaturated/α-hetero) is 1. The summed E-state index contributed by atoms with van der Waals surface area (Å²) in [5, 5.41) is 2.09. The van der Waals surface area contributed by atoms with Crippen molar-refractivity contribution in [2.45, 2.75) is 38.3 Å². The Morgan fingerprint density at radius 2 is 1.74 bits per heavy atom. The maximum Gasteiger partial charge on any atom is 0.416 e. The number of benzene rings is 2. The number of alkyl halides is 3. The SMILES string of the molecule is O=C(COC(=O)CCC(=O)c1ccc2c(c1)CCC2)Nc1cc(C(F)(F)F)ccc1Cl. The van der Waals surface area contributed by atoms with Crippen molar-refractivity contribution in [3.8, 4) is 0 Å². The standard InChI is InChI=1S/C22H19ClF3NO4/c23-17-7-6-16(22(24,25)26)11-18(17)27-20(29)12-31-21(30)9-8-19(28)15-5-4-13-2-1-3-14(13)10-15/h4-7,10-11H,1-3,8-9,12H2,(H,27,29). The number of amides is 1. The van der Waals surface area contributed by atoms with Crippen LogP contribution in [0.15, 0.2) is 36.4 Å². The van der Waals surface area contributed by atoms with Crippen LogP contribution in [0.4, 0.5) is 18.9 Å². The molecule has 0 heterocycles. The molecule has 9 heteroatoms. The van der Waals surface area contributed by atoms with Crippen molar-refractivity contribution < 1.29 is 32.3 Å². The van der Waals surface area contributed by atoms with Crippen LogP contribution in [0.2, 0.25) is 5.02 Å². The van der Waals surface area contributed by atoms with Crippen LogP contribution in [-0.4, -0.2) is 24.3 Å². The normalized spacial score (nSPS) is 12.9. The second kappa shape index (κ2) is 9.51. The van der Waals surface area contributed by atoms with Crippen molar-refractivity contribution in [1.29, 1.82) is 0 Å². The van der Waals surface area contributed by atoms with Gasteiger partial charge < -0.3 is 10.1 Å². The number of fused-ring (bicyclic) bond motifs is 1. The van der Waals surface area contributed by atoms with E-state index in [2.05, 4.69) is 5.32 Å². The summed E-state index contributed by atoms with van der Waals surface area (Å²) in [6, 6.07) is 8.01. The third kappa shape index (κ3) is 6.07. The Kier molecular flexibility index (Phi) is 7.00. The Morgan fingerprint density at radius 1 is 1.00 bits per heavy atom. The molecular formula is C22H19ClF3NO4. The summed E-state index contributed by atoms with van der Waals surface area (Å²) < 4.78 is 43.1. The number of ether oxygens (including phenoxy) is 1. The Balaban J connectivity index is 1.46. The molecule has 0 bridgehead atoms. The van der Waals surface area contributed by atoms with Crippen molar-refractivity contribution in [3.63, 3.8) is 0 Å². The number of esters is 1. The van der Waals surface area contributed by atoms with Gasteiger partial charge in [-0.25, -0.2) is 0 Å². The number of rotatable bonds is 7. The van der Waals surface area contributed by atoms with E-state index in [4.69, 9.17) is 16.3 Å². The highest BCUT2D eigenvalue weighted by molar-refractivity contribution is 6.33. The highest BCUT2D eigenvalue weighted by Crippen LogP contribution is 2.33. The number of ketones is 1. The topological polar surface area (TPSA) is 72.5 Å². The molecule has 0 aromatic heterocycles. The lowest BCUT2D eigenvalue weighted by atomic mass is 10.0. The molecule has 31 heavy (non-hydrogen) atoms. The van der Waals surface area contributed by atoms with Gasteiger partial charge in [0.25, 0.3) is 5.91 Å². The number of nitrogens with one attached hydrogen (secondary N) is 1. The number of aryl methyl sites for hydroxylation is 2. The van der Waals surface area contributed by atoms with E-state index in [0.29, 0.717) is 11.6 Å². The summed E-state index contributed by atoms with van der Waals surface area (Å²) in [6.07, 6.45) is -1.88. The molecule has 1 N–H and O–H groups in total. The molecular weight excluding hydrogens is 435 g/mol. The second-order valence-electron chi connectivity index (χ2n) is 7.16. The summed E-state index contributed by atoms with van der Waals surface area (Å²) in [6.45, 7) is -0.710. The van der Waals surface area contributed by atoms with Crippen LogP contribution in [0.25, 0.3) is 0 Å². The smallest absolute Gasteiger partial charge is 0.416 e. The molecule has 0 radical (unpaired) electrons. The summed E-state index contributed by atoms with van der Waals surface area (Å²) in [5.41, 5.74) is 1.70. The van der Waals surface area contributed by atoms with E-state index in [-0.39, 0.29) is 29.3 Å². The fourth-order valence-corrected chi connectivity index (χ4v) is 3.47. The Bertz CT molecular complexity index is 1020. The van der Waals surface area contributed by atoms with Gasteiger partial charge in [-0.3, -0.25) is 14.4 Å². The minimum atomic E-state index is -4.60. The van der Waals surface area contributed by atoms with Crippen molar-refractivity contribution in [2.24, 2.45) is 0 Å². The van der Waals surface area contributed by atoms with Gasteiger partial charge in [0.05, 0.1) is 22.7 Å². The zero-order valence-electron chi connectivity index (χ0n) is 16.4. The maximum absolute atomic E-state index is 12.8. The highest BCUT2D eigenvalue weighted by atomic mass is 35.5. The van der Waals surface area contributed by atoms with E-state index in [1.165, 1.54) is 5.56 Å². The Hall–Kier alpha value is -2.87. The average molecular weight is 454 g/mol. The number of hydrogen-bond donors (Lipinski definition) is 1. The first-order chi connectivity index (χ1) is 14.6. The van der Waals surface area contributed by atoms with E-state index in [0.717, 1.165) is 37.0 Å². The predicted octanol–water partition coefficient (Wildman–Crippen LogP) is 4.99.